The molecule has 6 nitrogen and oxygen atoms in total. The number of sulfone groups is 1. The minimum Gasteiger partial charge on any atom is -0.334 e. The molecule has 24 heavy (non-hydrogen) atoms. The van der Waals surface area contributed by atoms with E-state index in [0.29, 0.717) is 17.8 Å². The summed E-state index contributed by atoms with van der Waals surface area (Å²) < 4.78 is 30.2. The number of nitrogens with two attached hydrogens (primary N) is 1. The average Bonchev–Trinajstić information content (AvgIpc) is 3.17. The van der Waals surface area contributed by atoms with E-state index in [9.17, 15) is 8.42 Å². The van der Waals surface area contributed by atoms with Crippen molar-refractivity contribution in [3.8, 4) is 11.5 Å². The first-order valence-electron chi connectivity index (χ1n) is 7.91. The van der Waals surface area contributed by atoms with Gasteiger partial charge in [0.15, 0.2) is 15.7 Å². The highest BCUT2D eigenvalue weighted by atomic mass is 35.5. The van der Waals surface area contributed by atoms with E-state index in [-0.39, 0.29) is 28.9 Å². The molecule has 0 saturated heterocycles. The van der Waals surface area contributed by atoms with Gasteiger partial charge in [-0.2, -0.15) is 4.98 Å². The summed E-state index contributed by atoms with van der Waals surface area (Å²) in [5.41, 5.74) is 6.23. The SMILES string of the molecule is CCCS(=O)(=O)c1ccccc1-c1nc(C2(N)CCCC2)no1.Cl. The maximum atomic E-state index is 12.4. The van der Waals surface area contributed by atoms with Crippen LogP contribution in [0.3, 0.4) is 0 Å². The summed E-state index contributed by atoms with van der Waals surface area (Å²) >= 11 is 0. The van der Waals surface area contributed by atoms with Crippen LogP contribution in [0.15, 0.2) is 33.7 Å². The van der Waals surface area contributed by atoms with Gasteiger partial charge in [0.1, 0.15) is 0 Å². The Morgan fingerprint density at radius 2 is 1.92 bits per heavy atom. The van der Waals surface area contributed by atoms with Crippen LogP contribution in [-0.4, -0.2) is 24.3 Å². The molecule has 1 saturated carbocycles. The predicted octanol–water partition coefficient (Wildman–Crippen LogP) is 3.07. The smallest absolute Gasteiger partial charge is 0.259 e. The Balaban J connectivity index is 0.00000208. The molecule has 1 aliphatic carbocycles. The van der Waals surface area contributed by atoms with E-state index in [0.717, 1.165) is 25.7 Å². The van der Waals surface area contributed by atoms with Crippen molar-refractivity contribution in [3.05, 3.63) is 30.1 Å². The van der Waals surface area contributed by atoms with E-state index < -0.39 is 15.4 Å². The molecule has 3 rings (SSSR count). The normalized spacial score (nSPS) is 16.8. The second kappa shape index (κ2) is 7.21. The maximum absolute atomic E-state index is 12.4. The molecule has 0 spiro atoms. The van der Waals surface area contributed by atoms with Crippen LogP contribution < -0.4 is 5.73 Å². The molecule has 1 heterocycles. The number of nitrogens with zero attached hydrogens (tertiary/aromatic N) is 2. The number of hydrogen-bond acceptors (Lipinski definition) is 6. The van der Waals surface area contributed by atoms with Crippen molar-refractivity contribution in [2.75, 3.05) is 5.75 Å². The summed E-state index contributed by atoms with van der Waals surface area (Å²) in [6.07, 6.45) is 4.28. The van der Waals surface area contributed by atoms with Crippen LogP contribution >= 0.6 is 12.4 Å². The fourth-order valence-corrected chi connectivity index (χ4v) is 4.59. The van der Waals surface area contributed by atoms with E-state index in [1.165, 1.54) is 0 Å². The fraction of sp³-hybridized carbons (Fsp3) is 0.500. The van der Waals surface area contributed by atoms with E-state index in [1.807, 2.05) is 6.92 Å². The standard InChI is InChI=1S/C16H21N3O3S.ClH/c1-2-11-23(20,21)13-8-4-3-7-12(13)14-18-15(19-22-14)16(17)9-5-6-10-16;/h3-4,7-8H,2,5-6,9-11,17H2,1H3;1H. The summed E-state index contributed by atoms with van der Waals surface area (Å²) in [5, 5.41) is 4.01. The van der Waals surface area contributed by atoms with Crippen molar-refractivity contribution in [2.45, 2.75) is 49.5 Å². The molecule has 1 aromatic heterocycles. The third kappa shape index (κ3) is 3.48. The maximum Gasteiger partial charge on any atom is 0.259 e. The van der Waals surface area contributed by atoms with E-state index in [2.05, 4.69) is 10.1 Å². The zero-order valence-electron chi connectivity index (χ0n) is 13.6. The Kier molecular flexibility index (Phi) is 5.67. The van der Waals surface area contributed by atoms with Crippen LogP contribution in [0.4, 0.5) is 0 Å². The fourth-order valence-electron chi connectivity index (χ4n) is 3.06. The van der Waals surface area contributed by atoms with E-state index in [1.54, 1.807) is 24.3 Å². The number of halogens is 1. The molecule has 1 aliphatic rings. The van der Waals surface area contributed by atoms with Crippen LogP contribution in [0.2, 0.25) is 0 Å². The second-order valence-corrected chi connectivity index (χ2v) is 8.18. The van der Waals surface area contributed by atoms with Gasteiger partial charge >= 0.3 is 0 Å². The minimum absolute atomic E-state index is 0. The van der Waals surface area contributed by atoms with Gasteiger partial charge in [0.05, 0.1) is 21.8 Å². The van der Waals surface area contributed by atoms with Gasteiger partial charge in [-0.1, -0.05) is 37.1 Å². The zero-order chi connectivity index (χ0) is 16.5. The Hall–Kier alpha value is -1.44. The highest BCUT2D eigenvalue weighted by molar-refractivity contribution is 7.91. The van der Waals surface area contributed by atoms with E-state index in [4.69, 9.17) is 10.3 Å². The van der Waals surface area contributed by atoms with Crippen molar-refractivity contribution >= 4 is 22.2 Å². The van der Waals surface area contributed by atoms with Gasteiger partial charge in [-0.3, -0.25) is 0 Å². The first-order valence-corrected chi connectivity index (χ1v) is 9.57. The molecule has 1 fully saturated rings. The molecule has 0 aliphatic heterocycles. The molecule has 2 N–H and O–H groups in total. The first-order chi connectivity index (χ1) is 11.0. The van der Waals surface area contributed by atoms with Crippen molar-refractivity contribution in [1.82, 2.24) is 10.1 Å². The van der Waals surface area contributed by atoms with E-state index >= 15 is 0 Å². The topological polar surface area (TPSA) is 99.1 Å². The molecule has 0 bridgehead atoms. The summed E-state index contributed by atoms with van der Waals surface area (Å²) in [7, 11) is -3.37. The zero-order valence-corrected chi connectivity index (χ0v) is 15.2. The van der Waals surface area contributed by atoms with Gasteiger partial charge in [0.25, 0.3) is 5.89 Å². The molecule has 0 radical (unpaired) electrons. The van der Waals surface area contributed by atoms with Crippen molar-refractivity contribution in [3.63, 3.8) is 0 Å². The van der Waals surface area contributed by atoms with Gasteiger partial charge in [-0.05, 0) is 31.4 Å². The molecule has 8 heteroatoms. The lowest BCUT2D eigenvalue weighted by atomic mass is 9.99. The Morgan fingerprint density at radius 3 is 2.58 bits per heavy atom. The average molecular weight is 372 g/mol. The Morgan fingerprint density at radius 1 is 1.25 bits per heavy atom. The van der Waals surface area contributed by atoms with Crippen LogP contribution in [0, 0.1) is 0 Å². The summed E-state index contributed by atoms with van der Waals surface area (Å²) in [6, 6.07) is 6.73. The molecule has 1 aromatic carbocycles. The third-order valence-electron chi connectivity index (χ3n) is 4.29. The lowest BCUT2D eigenvalue weighted by molar-refractivity contribution is 0.372. The van der Waals surface area contributed by atoms with Crippen molar-refractivity contribution < 1.29 is 12.9 Å². The third-order valence-corrected chi connectivity index (χ3v) is 6.26. The van der Waals surface area contributed by atoms with Gasteiger partial charge < -0.3 is 10.3 Å². The van der Waals surface area contributed by atoms with Crippen molar-refractivity contribution in [1.29, 1.82) is 0 Å². The monoisotopic (exact) mass is 371 g/mol. The van der Waals surface area contributed by atoms with Gasteiger partial charge in [-0.15, -0.1) is 12.4 Å². The highest BCUT2D eigenvalue weighted by Gasteiger charge is 2.36. The molecule has 0 unspecified atom stereocenters. The van der Waals surface area contributed by atoms with Gasteiger partial charge in [0, 0.05) is 0 Å². The molecule has 0 amide bonds. The number of aromatic nitrogens is 2. The van der Waals surface area contributed by atoms with Crippen LogP contribution in [-0.2, 0) is 15.4 Å². The summed E-state index contributed by atoms with van der Waals surface area (Å²) in [5.74, 6) is 0.769. The molecular weight excluding hydrogens is 350 g/mol. The van der Waals surface area contributed by atoms with Crippen LogP contribution in [0.25, 0.3) is 11.5 Å². The number of benzene rings is 1. The predicted molar refractivity (Wildman–Crippen MR) is 93.7 cm³/mol. The van der Waals surface area contributed by atoms with Crippen molar-refractivity contribution in [2.24, 2.45) is 5.73 Å². The quantitative estimate of drug-likeness (QED) is 0.866. The Bertz CT molecular complexity index is 798. The second-order valence-electron chi connectivity index (χ2n) is 6.10. The number of rotatable bonds is 5. The Labute approximate surface area is 148 Å². The first kappa shape index (κ1) is 18.9. The van der Waals surface area contributed by atoms with Gasteiger partial charge in [-0.25, -0.2) is 8.42 Å². The molecule has 0 atom stereocenters. The molecule has 132 valence electrons. The largest absolute Gasteiger partial charge is 0.334 e. The summed E-state index contributed by atoms with van der Waals surface area (Å²) in [6.45, 7) is 1.84. The highest BCUT2D eigenvalue weighted by Crippen LogP contribution is 2.36. The minimum atomic E-state index is -3.37. The van der Waals surface area contributed by atoms with Crippen LogP contribution in [0.5, 0.6) is 0 Å². The lowest BCUT2D eigenvalue weighted by Crippen LogP contribution is -2.34. The molecular formula is C16H22ClN3O3S. The summed E-state index contributed by atoms with van der Waals surface area (Å²) in [4.78, 5) is 4.63. The lowest BCUT2D eigenvalue weighted by Gasteiger charge is -2.17. The van der Waals surface area contributed by atoms with Crippen LogP contribution in [0.1, 0.15) is 44.9 Å². The molecule has 2 aromatic rings. The van der Waals surface area contributed by atoms with Gasteiger partial charge in [0.2, 0.25) is 0 Å². The number of hydrogen-bond donors (Lipinski definition) is 1.